The second-order valence-corrected chi connectivity index (χ2v) is 7.79. The zero-order valence-corrected chi connectivity index (χ0v) is 16.9. The first-order valence-electron chi connectivity index (χ1n) is 10.4. The Balaban J connectivity index is 2.51. The van der Waals surface area contributed by atoms with Gasteiger partial charge in [0.2, 0.25) is 0 Å². The molecular formula is C20H39N3S. The van der Waals surface area contributed by atoms with Crippen molar-refractivity contribution in [3.05, 3.63) is 0 Å². The second-order valence-electron chi connectivity index (χ2n) is 7.13. The summed E-state index contributed by atoms with van der Waals surface area (Å²) in [5.74, 6) is 0.976. The summed E-state index contributed by atoms with van der Waals surface area (Å²) in [5.41, 5.74) is 0. The summed E-state index contributed by atoms with van der Waals surface area (Å²) in [5, 5.41) is 9.57. The third-order valence-corrected chi connectivity index (χ3v) is 5.60. The second kappa shape index (κ2) is 14.9. The van der Waals surface area contributed by atoms with E-state index >= 15 is 0 Å². The van der Waals surface area contributed by atoms with Crippen LogP contribution in [0.4, 0.5) is 0 Å². The summed E-state index contributed by atoms with van der Waals surface area (Å²) in [4.78, 5) is 4.69. The SMILES string of the molecule is CCCCCCCC(N=NC1=NCCCCCCCC1)C(S)CC. The lowest BCUT2D eigenvalue weighted by Gasteiger charge is -2.17. The average Bonchev–Trinajstić information content (AvgIpc) is 2.61. The molecule has 1 heterocycles. The van der Waals surface area contributed by atoms with E-state index in [1.54, 1.807) is 0 Å². The van der Waals surface area contributed by atoms with Crippen molar-refractivity contribution in [2.45, 2.75) is 115 Å². The maximum absolute atomic E-state index is 4.74. The number of thiol groups is 1. The summed E-state index contributed by atoms with van der Waals surface area (Å²) < 4.78 is 0. The molecule has 1 aliphatic heterocycles. The Labute approximate surface area is 155 Å². The van der Waals surface area contributed by atoms with Crippen LogP contribution in [0, 0.1) is 0 Å². The predicted molar refractivity (Wildman–Crippen MR) is 110 cm³/mol. The van der Waals surface area contributed by atoms with Crippen LogP contribution < -0.4 is 0 Å². The molecule has 140 valence electrons. The molecule has 0 saturated carbocycles. The molecule has 0 N–H and O–H groups in total. The highest BCUT2D eigenvalue weighted by Crippen LogP contribution is 2.19. The minimum atomic E-state index is 0.248. The molecule has 2 atom stereocenters. The predicted octanol–water partition coefficient (Wildman–Crippen LogP) is 7.02. The molecule has 0 amide bonds. The van der Waals surface area contributed by atoms with Gasteiger partial charge >= 0.3 is 0 Å². The molecule has 1 rings (SSSR count). The van der Waals surface area contributed by atoms with E-state index in [0.29, 0.717) is 5.25 Å². The molecule has 24 heavy (non-hydrogen) atoms. The van der Waals surface area contributed by atoms with Gasteiger partial charge in [-0.2, -0.15) is 17.7 Å². The number of rotatable bonds is 9. The minimum Gasteiger partial charge on any atom is -0.269 e. The zero-order chi connectivity index (χ0) is 17.5. The summed E-state index contributed by atoms with van der Waals surface area (Å²) in [6, 6.07) is 0.248. The Kier molecular flexibility index (Phi) is 13.5. The Morgan fingerprint density at radius 3 is 2.42 bits per heavy atom. The highest BCUT2D eigenvalue weighted by molar-refractivity contribution is 7.81. The van der Waals surface area contributed by atoms with Crippen LogP contribution in [-0.4, -0.2) is 23.7 Å². The van der Waals surface area contributed by atoms with E-state index in [1.807, 2.05) is 0 Å². The number of azo groups is 1. The van der Waals surface area contributed by atoms with Crippen LogP contribution in [0.2, 0.25) is 0 Å². The van der Waals surface area contributed by atoms with E-state index in [9.17, 15) is 0 Å². The molecule has 0 aromatic carbocycles. The lowest BCUT2D eigenvalue weighted by atomic mass is 10.0. The molecule has 0 aromatic rings. The van der Waals surface area contributed by atoms with Crippen LogP contribution in [0.3, 0.4) is 0 Å². The number of aliphatic imine (C=N–C) groups is 1. The van der Waals surface area contributed by atoms with Gasteiger partial charge in [0.15, 0.2) is 0 Å². The monoisotopic (exact) mass is 353 g/mol. The summed E-state index contributed by atoms with van der Waals surface area (Å²) in [7, 11) is 0. The zero-order valence-electron chi connectivity index (χ0n) is 16.1. The largest absolute Gasteiger partial charge is 0.269 e. The molecule has 0 spiro atoms. The lowest BCUT2D eigenvalue weighted by Crippen LogP contribution is -2.18. The third-order valence-electron chi connectivity index (χ3n) is 4.89. The standard InChI is InChI=1S/C20H39N3S/c1-3-5-6-9-12-15-18(19(24)4-2)22-23-20-16-13-10-7-8-11-14-17-21-20/h18-19,24H,3-17H2,1-2H3. The van der Waals surface area contributed by atoms with Crippen molar-refractivity contribution in [1.82, 2.24) is 0 Å². The number of hydrogen-bond donors (Lipinski definition) is 1. The van der Waals surface area contributed by atoms with Gasteiger partial charge in [0.25, 0.3) is 0 Å². The van der Waals surface area contributed by atoms with Crippen molar-refractivity contribution in [3.63, 3.8) is 0 Å². The van der Waals surface area contributed by atoms with Gasteiger partial charge in [-0.3, -0.25) is 4.99 Å². The summed E-state index contributed by atoms with van der Waals surface area (Å²) in [6.45, 7) is 5.38. The Morgan fingerprint density at radius 1 is 0.958 bits per heavy atom. The van der Waals surface area contributed by atoms with Gasteiger partial charge in [0, 0.05) is 18.2 Å². The molecule has 1 aliphatic rings. The smallest absolute Gasteiger partial charge is 0.145 e. The molecule has 3 nitrogen and oxygen atoms in total. The van der Waals surface area contributed by atoms with E-state index in [2.05, 4.69) is 24.1 Å². The maximum atomic E-state index is 4.74. The average molecular weight is 354 g/mol. The Bertz CT molecular complexity index is 355. The fourth-order valence-corrected chi connectivity index (χ4v) is 3.38. The van der Waals surface area contributed by atoms with E-state index in [-0.39, 0.29) is 6.04 Å². The third kappa shape index (κ3) is 10.5. The molecule has 0 bridgehead atoms. The molecular weight excluding hydrogens is 314 g/mol. The fraction of sp³-hybridized carbons (Fsp3) is 0.950. The molecule has 0 aliphatic carbocycles. The van der Waals surface area contributed by atoms with E-state index in [0.717, 1.165) is 31.6 Å². The van der Waals surface area contributed by atoms with Crippen molar-refractivity contribution >= 4 is 18.5 Å². The van der Waals surface area contributed by atoms with Gasteiger partial charge in [-0.05, 0) is 25.7 Å². The number of amidine groups is 1. The van der Waals surface area contributed by atoms with E-state index in [4.69, 9.17) is 17.6 Å². The van der Waals surface area contributed by atoms with Crippen molar-refractivity contribution < 1.29 is 0 Å². The van der Waals surface area contributed by atoms with Crippen LogP contribution in [-0.2, 0) is 0 Å². The Hall–Kier alpha value is -0.380. The number of nitrogens with zero attached hydrogens (tertiary/aromatic N) is 3. The van der Waals surface area contributed by atoms with E-state index in [1.165, 1.54) is 70.6 Å². The van der Waals surface area contributed by atoms with Crippen LogP contribution >= 0.6 is 12.6 Å². The van der Waals surface area contributed by atoms with Crippen molar-refractivity contribution in [3.8, 4) is 0 Å². The molecule has 0 saturated heterocycles. The van der Waals surface area contributed by atoms with Crippen LogP contribution in [0.25, 0.3) is 0 Å². The summed E-state index contributed by atoms with van der Waals surface area (Å²) >= 11 is 4.74. The molecule has 0 fully saturated rings. The first kappa shape index (κ1) is 21.7. The fourth-order valence-electron chi connectivity index (χ4n) is 3.17. The van der Waals surface area contributed by atoms with Gasteiger partial charge in [0.1, 0.15) is 5.84 Å². The van der Waals surface area contributed by atoms with Crippen LogP contribution in [0.5, 0.6) is 0 Å². The van der Waals surface area contributed by atoms with Gasteiger partial charge in [-0.25, -0.2) is 0 Å². The van der Waals surface area contributed by atoms with E-state index < -0.39 is 0 Å². The molecule has 0 radical (unpaired) electrons. The van der Waals surface area contributed by atoms with Crippen LogP contribution in [0.1, 0.15) is 104 Å². The van der Waals surface area contributed by atoms with Gasteiger partial charge < -0.3 is 0 Å². The molecule has 4 heteroatoms. The first-order chi connectivity index (χ1) is 11.8. The maximum Gasteiger partial charge on any atom is 0.145 e. The number of hydrogen-bond acceptors (Lipinski definition) is 4. The first-order valence-corrected chi connectivity index (χ1v) is 10.9. The quantitative estimate of drug-likeness (QED) is 0.263. The molecule has 0 aromatic heterocycles. The topological polar surface area (TPSA) is 37.1 Å². The number of unbranched alkanes of at least 4 members (excludes halogenated alkanes) is 4. The van der Waals surface area contributed by atoms with Crippen molar-refractivity contribution in [2.75, 3.05) is 6.54 Å². The van der Waals surface area contributed by atoms with Gasteiger partial charge in [0.05, 0.1) is 6.04 Å². The minimum absolute atomic E-state index is 0.248. The summed E-state index contributed by atoms with van der Waals surface area (Å²) in [6.07, 6.45) is 17.4. The Morgan fingerprint density at radius 2 is 1.67 bits per heavy atom. The normalized spacial score (nSPS) is 19.9. The van der Waals surface area contributed by atoms with Gasteiger partial charge in [-0.1, -0.05) is 71.6 Å². The van der Waals surface area contributed by atoms with Gasteiger partial charge in [-0.15, -0.1) is 5.11 Å². The molecule has 2 unspecified atom stereocenters. The highest BCUT2D eigenvalue weighted by Gasteiger charge is 2.16. The van der Waals surface area contributed by atoms with Crippen molar-refractivity contribution in [2.24, 2.45) is 15.2 Å². The lowest BCUT2D eigenvalue weighted by molar-refractivity contribution is 0.510. The highest BCUT2D eigenvalue weighted by atomic mass is 32.1. The van der Waals surface area contributed by atoms with Crippen molar-refractivity contribution in [1.29, 1.82) is 0 Å². The van der Waals surface area contributed by atoms with Crippen LogP contribution in [0.15, 0.2) is 15.2 Å².